The van der Waals surface area contributed by atoms with Crippen molar-refractivity contribution in [1.82, 2.24) is 0 Å². The lowest BCUT2D eigenvalue weighted by atomic mass is 10.1. The second-order valence-corrected chi connectivity index (χ2v) is 4.14. The fourth-order valence-corrected chi connectivity index (χ4v) is 1.34. The first-order valence-corrected chi connectivity index (χ1v) is 5.18. The van der Waals surface area contributed by atoms with Gasteiger partial charge in [-0.15, -0.1) is 0 Å². The minimum absolute atomic E-state index is 0.417. The van der Waals surface area contributed by atoms with E-state index >= 15 is 0 Å². The second-order valence-electron chi connectivity index (χ2n) is 3.16. The molecule has 0 aliphatic rings. The number of thioether (sulfide) groups is 1. The summed E-state index contributed by atoms with van der Waals surface area (Å²) in [5.41, 5.74) is 0. The molecular weight excluding hydrogens is 315 g/mol. The average Bonchev–Trinajstić information content (AvgIpc) is 2.23. The van der Waals surface area contributed by atoms with Crippen LogP contribution < -0.4 is 0 Å². The van der Waals surface area contributed by atoms with E-state index in [1.165, 1.54) is 0 Å². The maximum Gasteiger partial charge on any atom is 0.460 e. The Balaban J connectivity index is 5.27. The molecule has 0 bridgehead atoms. The maximum absolute atomic E-state index is 12.8. The van der Waals surface area contributed by atoms with Crippen molar-refractivity contribution < 1.29 is 44.3 Å². The van der Waals surface area contributed by atoms with Crippen molar-refractivity contribution in [2.75, 3.05) is 5.75 Å². The Morgan fingerprint density at radius 1 is 0.947 bits per heavy atom. The molecule has 0 saturated heterocycles. The highest BCUT2D eigenvalue weighted by atomic mass is 32.2. The third-order valence-corrected chi connectivity index (χ3v) is 2.73. The summed E-state index contributed by atoms with van der Waals surface area (Å²) in [5, 5.41) is -1.27. The minimum Gasteiger partial charge on any atom is -0.282 e. The van der Waals surface area contributed by atoms with Gasteiger partial charge in [0.2, 0.25) is 5.12 Å². The first kappa shape index (κ1) is 18.1. The van der Waals surface area contributed by atoms with E-state index in [1.807, 2.05) is 0 Å². The monoisotopic (exact) mass is 320 g/mol. The Morgan fingerprint density at radius 2 is 1.37 bits per heavy atom. The summed E-state index contributed by atoms with van der Waals surface area (Å²) in [4.78, 5) is 10.5. The zero-order valence-corrected chi connectivity index (χ0v) is 9.53. The molecule has 0 aliphatic heterocycles. The normalized spacial score (nSPS) is 14.4. The number of hydrogen-bond acceptors (Lipinski definition) is 2. The van der Waals surface area contributed by atoms with E-state index in [0.717, 1.165) is 0 Å². The summed E-state index contributed by atoms with van der Waals surface area (Å²) in [6, 6.07) is 0. The summed E-state index contributed by atoms with van der Waals surface area (Å²) >= 11 is -0.551. The average molecular weight is 320 g/mol. The molecule has 112 valence electrons. The second kappa shape index (κ2) is 5.25. The molecule has 0 amide bonds. The molecule has 0 radical (unpaired) electrons. The van der Waals surface area contributed by atoms with Crippen molar-refractivity contribution >= 4 is 16.9 Å². The van der Waals surface area contributed by atoms with Crippen molar-refractivity contribution in [3.8, 4) is 0 Å². The van der Waals surface area contributed by atoms with Crippen LogP contribution in [0.25, 0.3) is 0 Å². The Labute approximate surface area is 104 Å². The highest BCUT2D eigenvalue weighted by Gasteiger charge is 2.81. The van der Waals surface area contributed by atoms with Gasteiger partial charge in [-0.25, -0.2) is 0 Å². The first-order valence-electron chi connectivity index (χ1n) is 4.20. The molecule has 0 spiro atoms. The van der Waals surface area contributed by atoms with E-state index in [0.29, 0.717) is 6.08 Å². The summed E-state index contributed by atoms with van der Waals surface area (Å²) in [5.74, 6) is -21.6. The smallest absolute Gasteiger partial charge is 0.282 e. The zero-order valence-electron chi connectivity index (χ0n) is 8.71. The Morgan fingerprint density at radius 3 is 1.68 bits per heavy atom. The molecule has 0 aromatic heterocycles. The third kappa shape index (κ3) is 3.37. The van der Waals surface area contributed by atoms with Crippen LogP contribution in [0.3, 0.4) is 0 Å². The number of halogens is 9. The Hall–Kier alpha value is -0.870. The summed E-state index contributed by atoms with van der Waals surface area (Å²) in [7, 11) is 0. The number of carbonyl (C=O) groups excluding carboxylic acids is 1. The van der Waals surface area contributed by atoms with Gasteiger partial charge in [0, 0.05) is 0 Å². The van der Waals surface area contributed by atoms with Crippen LogP contribution in [0.5, 0.6) is 0 Å². The van der Waals surface area contributed by atoms with Gasteiger partial charge < -0.3 is 0 Å². The lowest BCUT2D eigenvalue weighted by molar-refractivity contribution is -0.392. The molecule has 0 aliphatic carbocycles. The van der Waals surface area contributed by atoms with Crippen LogP contribution in [-0.4, -0.2) is 34.8 Å². The number of alkyl halides is 9. The highest BCUT2D eigenvalue weighted by molar-refractivity contribution is 8.14. The van der Waals surface area contributed by atoms with E-state index in [4.69, 9.17) is 0 Å². The van der Waals surface area contributed by atoms with E-state index in [-0.39, 0.29) is 0 Å². The fraction of sp³-hybridized carbons (Fsp3) is 0.625. The number of hydrogen-bond donors (Lipinski definition) is 0. The molecule has 11 heteroatoms. The Kier molecular flexibility index (Phi) is 5.01. The minimum atomic E-state index is -6.93. The van der Waals surface area contributed by atoms with Crippen LogP contribution in [0.15, 0.2) is 12.7 Å². The molecule has 0 N–H and O–H groups in total. The van der Waals surface area contributed by atoms with Crippen molar-refractivity contribution in [3.05, 3.63) is 12.7 Å². The van der Waals surface area contributed by atoms with E-state index in [2.05, 4.69) is 6.58 Å². The largest absolute Gasteiger partial charge is 0.460 e. The van der Waals surface area contributed by atoms with Gasteiger partial charge in [0.05, 0.1) is 5.75 Å². The molecule has 0 atom stereocenters. The van der Waals surface area contributed by atoms with Crippen LogP contribution in [0.1, 0.15) is 0 Å². The van der Waals surface area contributed by atoms with Gasteiger partial charge in [-0.05, 0) is 6.08 Å². The topological polar surface area (TPSA) is 17.1 Å². The van der Waals surface area contributed by atoms with Gasteiger partial charge in [-0.2, -0.15) is 39.5 Å². The highest BCUT2D eigenvalue weighted by Crippen LogP contribution is 2.53. The predicted molar refractivity (Wildman–Crippen MR) is 48.6 cm³/mol. The lowest BCUT2D eigenvalue weighted by Gasteiger charge is -2.33. The molecular formula is C8H5F9OS. The van der Waals surface area contributed by atoms with Crippen molar-refractivity contribution in [2.24, 2.45) is 0 Å². The lowest BCUT2D eigenvalue weighted by Crippen LogP contribution is -2.61. The van der Waals surface area contributed by atoms with E-state index in [1.54, 1.807) is 0 Å². The molecule has 0 aromatic rings. The van der Waals surface area contributed by atoms with E-state index < -0.39 is 46.6 Å². The quantitative estimate of drug-likeness (QED) is 0.564. The molecule has 0 heterocycles. The van der Waals surface area contributed by atoms with E-state index in [9.17, 15) is 44.3 Å². The molecule has 0 unspecified atom stereocenters. The van der Waals surface area contributed by atoms with Crippen molar-refractivity contribution in [2.45, 2.75) is 23.9 Å². The van der Waals surface area contributed by atoms with Gasteiger partial charge >= 0.3 is 23.9 Å². The van der Waals surface area contributed by atoms with Crippen LogP contribution >= 0.6 is 11.8 Å². The SMILES string of the molecule is C=CC(=O)SCC(F)(F)C(F)(F)C(F)(F)C(F)(F)F. The molecule has 0 saturated carbocycles. The molecule has 1 nitrogen and oxygen atoms in total. The van der Waals surface area contributed by atoms with Gasteiger partial charge in [0.1, 0.15) is 0 Å². The van der Waals surface area contributed by atoms with Crippen LogP contribution in [0.4, 0.5) is 39.5 Å². The molecule has 0 aromatic carbocycles. The van der Waals surface area contributed by atoms with Crippen LogP contribution in [0, 0.1) is 0 Å². The van der Waals surface area contributed by atoms with Crippen molar-refractivity contribution in [3.63, 3.8) is 0 Å². The summed E-state index contributed by atoms with van der Waals surface area (Å²) in [6.45, 7) is 2.78. The standard InChI is InChI=1S/C8H5F9OS/c1-2-4(18)19-3-5(9,10)6(11,12)7(13,14)8(15,16)17/h2H,1,3H2. The number of rotatable bonds is 5. The third-order valence-electron chi connectivity index (χ3n) is 1.77. The van der Waals surface area contributed by atoms with Crippen LogP contribution in [0.2, 0.25) is 0 Å². The van der Waals surface area contributed by atoms with Gasteiger partial charge in [-0.1, -0.05) is 18.3 Å². The summed E-state index contributed by atoms with van der Waals surface area (Å²) in [6.07, 6.45) is -6.44. The zero-order chi connectivity index (χ0) is 15.7. The van der Waals surface area contributed by atoms with Crippen molar-refractivity contribution in [1.29, 1.82) is 0 Å². The van der Waals surface area contributed by atoms with Gasteiger partial charge in [0.15, 0.2) is 0 Å². The molecule has 19 heavy (non-hydrogen) atoms. The van der Waals surface area contributed by atoms with Gasteiger partial charge in [-0.3, -0.25) is 4.79 Å². The fourth-order valence-electron chi connectivity index (χ4n) is 0.719. The summed E-state index contributed by atoms with van der Waals surface area (Å²) < 4.78 is 111. The van der Waals surface area contributed by atoms with Crippen LogP contribution in [-0.2, 0) is 4.79 Å². The molecule has 0 fully saturated rings. The Bertz CT molecular complexity index is 360. The first-order chi connectivity index (χ1) is 8.20. The predicted octanol–water partition coefficient (Wildman–Crippen LogP) is 3.90. The maximum atomic E-state index is 12.8. The number of carbonyl (C=O) groups is 1. The molecule has 0 rings (SSSR count). The van der Waals surface area contributed by atoms with Gasteiger partial charge in [0.25, 0.3) is 0 Å².